The second kappa shape index (κ2) is 11.6. The van der Waals surface area contributed by atoms with Gasteiger partial charge in [-0.1, -0.05) is 61.5 Å². The van der Waals surface area contributed by atoms with E-state index in [0.29, 0.717) is 19.3 Å². The lowest BCUT2D eigenvalue weighted by molar-refractivity contribution is 0.107. The third kappa shape index (κ3) is 6.87. The van der Waals surface area contributed by atoms with Gasteiger partial charge in [0.25, 0.3) is 0 Å². The fourth-order valence-electron chi connectivity index (χ4n) is 3.85. The first-order valence-corrected chi connectivity index (χ1v) is 10.7. The number of likely N-dealkylation sites (N-methyl/N-ethyl adjacent to an activating group) is 1. The summed E-state index contributed by atoms with van der Waals surface area (Å²) in [5.41, 5.74) is 3.61. The molecule has 1 aliphatic rings. The molecule has 2 aromatic carbocycles. The van der Waals surface area contributed by atoms with Gasteiger partial charge in [0.1, 0.15) is 0 Å². The quantitative estimate of drug-likeness (QED) is 0.504. The molecule has 2 aromatic rings. The van der Waals surface area contributed by atoms with Gasteiger partial charge in [-0.15, -0.1) is 0 Å². The number of guanidine groups is 1. The first-order valence-electron chi connectivity index (χ1n) is 10.7. The molecular weight excluding hydrogens is 360 g/mol. The monoisotopic (exact) mass is 394 g/mol. The summed E-state index contributed by atoms with van der Waals surface area (Å²) in [6.45, 7) is 7.52. The summed E-state index contributed by atoms with van der Waals surface area (Å²) >= 11 is 0. The predicted molar refractivity (Wildman–Crippen MR) is 120 cm³/mol. The van der Waals surface area contributed by atoms with Crippen LogP contribution in [0.25, 0.3) is 0 Å². The summed E-state index contributed by atoms with van der Waals surface area (Å²) in [5.74, 6) is 0.860. The van der Waals surface area contributed by atoms with Crippen molar-refractivity contribution in [2.45, 2.75) is 45.6 Å². The second-order valence-corrected chi connectivity index (χ2v) is 7.53. The van der Waals surface area contributed by atoms with Gasteiger partial charge in [-0.3, -0.25) is 9.89 Å². The number of ether oxygens (including phenoxy) is 1. The number of benzene rings is 2. The molecular formula is C24H34N4O. The standard InChI is InChI=1S/C24H34N4O/c1-3-28-14-8-13-23(28)17-27-24(25-2)26-16-21-11-7-12-22(15-21)19-29-18-20-9-5-4-6-10-20/h4-7,9-12,15,23H,3,8,13-14,16-19H2,1-2H3,(H2,25,26,27). The van der Waals surface area contributed by atoms with Crippen LogP contribution in [0, 0.1) is 0 Å². The highest BCUT2D eigenvalue weighted by Gasteiger charge is 2.22. The molecule has 1 saturated heterocycles. The Hall–Kier alpha value is -2.37. The van der Waals surface area contributed by atoms with Gasteiger partial charge in [0.05, 0.1) is 13.2 Å². The normalized spacial score (nSPS) is 17.4. The van der Waals surface area contributed by atoms with E-state index in [0.717, 1.165) is 25.6 Å². The largest absolute Gasteiger partial charge is 0.372 e. The molecule has 156 valence electrons. The molecule has 1 unspecified atom stereocenters. The van der Waals surface area contributed by atoms with Crippen LogP contribution in [-0.4, -0.2) is 43.6 Å². The third-order valence-corrected chi connectivity index (χ3v) is 5.47. The van der Waals surface area contributed by atoms with E-state index in [4.69, 9.17) is 4.74 Å². The van der Waals surface area contributed by atoms with Crippen molar-refractivity contribution in [3.63, 3.8) is 0 Å². The van der Waals surface area contributed by atoms with Gasteiger partial charge < -0.3 is 15.4 Å². The summed E-state index contributed by atoms with van der Waals surface area (Å²) in [7, 11) is 1.83. The van der Waals surface area contributed by atoms with Gasteiger partial charge in [0.15, 0.2) is 5.96 Å². The first kappa shape index (κ1) is 21.3. The minimum Gasteiger partial charge on any atom is -0.372 e. The Bertz CT molecular complexity index is 762. The number of hydrogen-bond acceptors (Lipinski definition) is 3. The summed E-state index contributed by atoms with van der Waals surface area (Å²) in [5, 5.41) is 6.92. The van der Waals surface area contributed by atoms with Crippen LogP contribution in [-0.2, 0) is 24.5 Å². The van der Waals surface area contributed by atoms with E-state index < -0.39 is 0 Å². The molecule has 0 saturated carbocycles. The Balaban J connectivity index is 1.42. The lowest BCUT2D eigenvalue weighted by atomic mass is 10.1. The van der Waals surface area contributed by atoms with Gasteiger partial charge in [0, 0.05) is 26.2 Å². The molecule has 5 nitrogen and oxygen atoms in total. The van der Waals surface area contributed by atoms with E-state index in [1.54, 1.807) is 0 Å². The lowest BCUT2D eigenvalue weighted by Gasteiger charge is -2.24. The second-order valence-electron chi connectivity index (χ2n) is 7.53. The van der Waals surface area contributed by atoms with E-state index >= 15 is 0 Å². The number of rotatable bonds is 9. The lowest BCUT2D eigenvalue weighted by Crippen LogP contribution is -2.44. The fourth-order valence-corrected chi connectivity index (χ4v) is 3.85. The highest BCUT2D eigenvalue weighted by Crippen LogP contribution is 2.15. The average Bonchev–Trinajstić information content (AvgIpc) is 3.22. The molecule has 5 heteroatoms. The zero-order chi connectivity index (χ0) is 20.3. The molecule has 0 bridgehead atoms. The van der Waals surface area contributed by atoms with E-state index in [1.165, 1.54) is 36.1 Å². The van der Waals surface area contributed by atoms with Gasteiger partial charge in [-0.2, -0.15) is 0 Å². The minimum absolute atomic E-state index is 0.614. The van der Waals surface area contributed by atoms with Crippen molar-refractivity contribution < 1.29 is 4.74 Å². The molecule has 0 aliphatic carbocycles. The molecule has 1 atom stereocenters. The molecule has 0 radical (unpaired) electrons. The maximum atomic E-state index is 5.86. The molecule has 2 N–H and O–H groups in total. The zero-order valence-electron chi connectivity index (χ0n) is 17.7. The number of nitrogens with zero attached hydrogens (tertiary/aromatic N) is 2. The molecule has 1 fully saturated rings. The van der Waals surface area contributed by atoms with Crippen molar-refractivity contribution in [2.75, 3.05) is 26.7 Å². The number of nitrogens with one attached hydrogen (secondary N) is 2. The molecule has 1 heterocycles. The summed E-state index contributed by atoms with van der Waals surface area (Å²) in [6.07, 6.45) is 2.56. The zero-order valence-corrected chi connectivity index (χ0v) is 17.7. The van der Waals surface area contributed by atoms with Gasteiger partial charge in [0.2, 0.25) is 0 Å². The number of hydrogen-bond donors (Lipinski definition) is 2. The van der Waals surface area contributed by atoms with E-state index in [-0.39, 0.29) is 0 Å². The van der Waals surface area contributed by atoms with Crippen molar-refractivity contribution in [3.8, 4) is 0 Å². The van der Waals surface area contributed by atoms with Crippen LogP contribution in [0.3, 0.4) is 0 Å². The molecule has 1 aliphatic heterocycles. The van der Waals surface area contributed by atoms with Crippen LogP contribution < -0.4 is 10.6 Å². The van der Waals surface area contributed by atoms with E-state index in [2.05, 4.69) is 63.8 Å². The van der Waals surface area contributed by atoms with Crippen LogP contribution in [0.15, 0.2) is 59.6 Å². The highest BCUT2D eigenvalue weighted by molar-refractivity contribution is 5.79. The van der Waals surface area contributed by atoms with E-state index in [1.807, 2.05) is 25.2 Å². The van der Waals surface area contributed by atoms with Crippen molar-refractivity contribution >= 4 is 5.96 Å². The van der Waals surface area contributed by atoms with Gasteiger partial charge in [-0.25, -0.2) is 0 Å². The molecule has 0 amide bonds. The van der Waals surface area contributed by atoms with Crippen LogP contribution in [0.4, 0.5) is 0 Å². The predicted octanol–water partition coefficient (Wildman–Crippen LogP) is 3.55. The Kier molecular flexibility index (Phi) is 8.53. The Morgan fingerprint density at radius 1 is 1.03 bits per heavy atom. The summed E-state index contributed by atoms with van der Waals surface area (Å²) in [6, 6.07) is 19.4. The smallest absolute Gasteiger partial charge is 0.191 e. The van der Waals surface area contributed by atoms with Crippen LogP contribution in [0.1, 0.15) is 36.5 Å². The maximum Gasteiger partial charge on any atom is 0.191 e. The van der Waals surface area contributed by atoms with Gasteiger partial charge >= 0.3 is 0 Å². The fraction of sp³-hybridized carbons (Fsp3) is 0.458. The molecule has 29 heavy (non-hydrogen) atoms. The molecule has 0 aromatic heterocycles. The first-order chi connectivity index (χ1) is 14.3. The number of aliphatic imine (C=N–C) groups is 1. The Morgan fingerprint density at radius 3 is 2.59 bits per heavy atom. The average molecular weight is 395 g/mol. The van der Waals surface area contributed by atoms with Crippen molar-refractivity contribution in [1.29, 1.82) is 0 Å². The van der Waals surface area contributed by atoms with E-state index in [9.17, 15) is 0 Å². The topological polar surface area (TPSA) is 48.9 Å². The molecule has 0 spiro atoms. The SMILES string of the molecule is CCN1CCCC1CNC(=NC)NCc1cccc(COCc2ccccc2)c1. The Morgan fingerprint density at radius 2 is 1.79 bits per heavy atom. The Labute approximate surface area is 175 Å². The van der Waals surface area contributed by atoms with Crippen molar-refractivity contribution in [1.82, 2.24) is 15.5 Å². The summed E-state index contributed by atoms with van der Waals surface area (Å²) < 4.78 is 5.86. The van der Waals surface area contributed by atoms with Crippen LogP contribution >= 0.6 is 0 Å². The number of likely N-dealkylation sites (tertiary alicyclic amines) is 1. The highest BCUT2D eigenvalue weighted by atomic mass is 16.5. The van der Waals surface area contributed by atoms with Crippen LogP contribution in [0.2, 0.25) is 0 Å². The summed E-state index contributed by atoms with van der Waals surface area (Å²) in [4.78, 5) is 6.91. The molecule has 3 rings (SSSR count). The maximum absolute atomic E-state index is 5.86. The van der Waals surface area contributed by atoms with Crippen molar-refractivity contribution in [3.05, 3.63) is 71.3 Å². The van der Waals surface area contributed by atoms with Crippen LogP contribution in [0.5, 0.6) is 0 Å². The van der Waals surface area contributed by atoms with Crippen molar-refractivity contribution in [2.24, 2.45) is 4.99 Å². The minimum atomic E-state index is 0.614. The third-order valence-electron chi connectivity index (χ3n) is 5.47. The van der Waals surface area contributed by atoms with Gasteiger partial charge in [-0.05, 0) is 42.6 Å².